The zero-order chi connectivity index (χ0) is 14.5. The van der Waals surface area contributed by atoms with Crippen molar-refractivity contribution in [1.82, 2.24) is 10.2 Å². The molecule has 0 radical (unpaired) electrons. The number of aryl methyl sites for hydroxylation is 1. The summed E-state index contributed by atoms with van der Waals surface area (Å²) in [4.78, 5) is 14.3. The molecular formula is C16H24N2O2. The van der Waals surface area contributed by atoms with Gasteiger partial charge in [0.05, 0.1) is 13.5 Å². The van der Waals surface area contributed by atoms with E-state index in [0.29, 0.717) is 12.3 Å². The molecule has 4 nitrogen and oxygen atoms in total. The molecule has 110 valence electrons. The number of carbonyl (C=O) groups is 1. The second-order valence-electron chi connectivity index (χ2n) is 5.52. The quantitative estimate of drug-likeness (QED) is 0.888. The first-order valence-electron chi connectivity index (χ1n) is 7.20. The van der Waals surface area contributed by atoms with E-state index in [9.17, 15) is 4.79 Å². The molecule has 1 aliphatic heterocycles. The highest BCUT2D eigenvalue weighted by Crippen LogP contribution is 2.20. The first-order valence-corrected chi connectivity index (χ1v) is 7.20. The number of ether oxygens (including phenoxy) is 1. The molecule has 20 heavy (non-hydrogen) atoms. The summed E-state index contributed by atoms with van der Waals surface area (Å²) in [5, 5.41) is 3.19. The average molecular weight is 276 g/mol. The summed E-state index contributed by atoms with van der Waals surface area (Å²) in [5.41, 5.74) is 2.21. The number of likely N-dealkylation sites (tertiary alicyclic amines) is 1. The third kappa shape index (κ3) is 3.51. The van der Waals surface area contributed by atoms with Gasteiger partial charge in [0.15, 0.2) is 0 Å². The number of nitrogens with one attached hydrogen (secondary N) is 1. The molecule has 1 aromatic rings. The van der Waals surface area contributed by atoms with Crippen molar-refractivity contribution in [3.8, 4) is 5.75 Å². The third-order valence-electron chi connectivity index (χ3n) is 4.02. The standard InChI is InChI=1S/C16H24N2O2/c1-12-8-15(20-3)5-4-14(12)9-16(19)18-7-6-13(11-18)10-17-2/h4-5,8,13,17H,6-7,9-11H2,1-3H3. The van der Waals surface area contributed by atoms with E-state index in [0.717, 1.165) is 42.9 Å². The van der Waals surface area contributed by atoms with Gasteiger partial charge in [0, 0.05) is 13.1 Å². The van der Waals surface area contributed by atoms with Gasteiger partial charge in [0.2, 0.25) is 5.91 Å². The minimum atomic E-state index is 0.233. The number of methoxy groups -OCH3 is 1. The van der Waals surface area contributed by atoms with Gasteiger partial charge in [-0.1, -0.05) is 6.07 Å². The Morgan fingerprint density at radius 2 is 2.30 bits per heavy atom. The van der Waals surface area contributed by atoms with Crippen molar-refractivity contribution in [3.05, 3.63) is 29.3 Å². The van der Waals surface area contributed by atoms with E-state index in [-0.39, 0.29) is 5.91 Å². The Hall–Kier alpha value is -1.55. The number of nitrogens with zero attached hydrogens (tertiary/aromatic N) is 1. The van der Waals surface area contributed by atoms with Gasteiger partial charge >= 0.3 is 0 Å². The predicted molar refractivity (Wildman–Crippen MR) is 80.0 cm³/mol. The normalized spacial score (nSPS) is 18.4. The maximum atomic E-state index is 12.3. The molecule has 0 spiro atoms. The first kappa shape index (κ1) is 14.9. The lowest BCUT2D eigenvalue weighted by molar-refractivity contribution is -0.129. The molecule has 0 aromatic heterocycles. The number of hydrogen-bond donors (Lipinski definition) is 1. The van der Waals surface area contributed by atoms with Crippen LogP contribution in [0.5, 0.6) is 5.75 Å². The molecular weight excluding hydrogens is 252 g/mol. The van der Waals surface area contributed by atoms with Crippen LogP contribution >= 0.6 is 0 Å². The molecule has 1 aliphatic rings. The van der Waals surface area contributed by atoms with E-state index in [1.54, 1.807) is 7.11 Å². The molecule has 1 saturated heterocycles. The number of benzene rings is 1. The van der Waals surface area contributed by atoms with E-state index >= 15 is 0 Å². The van der Waals surface area contributed by atoms with Gasteiger partial charge in [0.1, 0.15) is 5.75 Å². The van der Waals surface area contributed by atoms with Crippen LogP contribution in [0.15, 0.2) is 18.2 Å². The summed E-state index contributed by atoms with van der Waals surface area (Å²) in [6.07, 6.45) is 1.59. The minimum absolute atomic E-state index is 0.233. The summed E-state index contributed by atoms with van der Waals surface area (Å²) in [5.74, 6) is 1.67. The van der Waals surface area contributed by atoms with E-state index in [1.807, 2.05) is 37.1 Å². The van der Waals surface area contributed by atoms with E-state index in [1.165, 1.54) is 0 Å². The summed E-state index contributed by atoms with van der Waals surface area (Å²) < 4.78 is 5.19. The fourth-order valence-corrected chi connectivity index (χ4v) is 2.78. The molecule has 1 aromatic carbocycles. The molecule has 1 fully saturated rings. The maximum absolute atomic E-state index is 12.3. The predicted octanol–water partition coefficient (Wildman–Crippen LogP) is 1.61. The van der Waals surface area contributed by atoms with Gasteiger partial charge in [-0.2, -0.15) is 0 Å². The van der Waals surface area contributed by atoms with Gasteiger partial charge in [0.25, 0.3) is 0 Å². The largest absolute Gasteiger partial charge is 0.497 e. The summed E-state index contributed by atoms with van der Waals surface area (Å²) in [6.45, 7) is 4.79. The van der Waals surface area contributed by atoms with Crippen LogP contribution in [-0.4, -0.2) is 44.6 Å². The van der Waals surface area contributed by atoms with Crippen molar-refractivity contribution in [2.45, 2.75) is 19.8 Å². The lowest BCUT2D eigenvalue weighted by Gasteiger charge is -2.17. The van der Waals surface area contributed by atoms with Gasteiger partial charge in [-0.05, 0) is 56.1 Å². The Morgan fingerprint density at radius 1 is 1.50 bits per heavy atom. The molecule has 1 atom stereocenters. The zero-order valence-corrected chi connectivity index (χ0v) is 12.6. The van der Waals surface area contributed by atoms with Crippen molar-refractivity contribution in [2.24, 2.45) is 5.92 Å². The summed E-state index contributed by atoms with van der Waals surface area (Å²) >= 11 is 0. The molecule has 2 rings (SSSR count). The Labute approximate surface area is 121 Å². The molecule has 0 saturated carbocycles. The van der Waals surface area contributed by atoms with Gasteiger partial charge in [-0.3, -0.25) is 4.79 Å². The average Bonchev–Trinajstić information content (AvgIpc) is 2.90. The molecule has 1 amide bonds. The molecule has 4 heteroatoms. The minimum Gasteiger partial charge on any atom is -0.497 e. The van der Waals surface area contributed by atoms with Crippen LogP contribution in [0.2, 0.25) is 0 Å². The van der Waals surface area contributed by atoms with Crippen molar-refractivity contribution < 1.29 is 9.53 Å². The fraction of sp³-hybridized carbons (Fsp3) is 0.562. The van der Waals surface area contributed by atoms with Crippen LogP contribution in [0.25, 0.3) is 0 Å². The Bertz CT molecular complexity index is 474. The topological polar surface area (TPSA) is 41.6 Å². The van der Waals surface area contributed by atoms with Crippen LogP contribution in [0.4, 0.5) is 0 Å². The smallest absolute Gasteiger partial charge is 0.227 e. The molecule has 1 heterocycles. The molecule has 0 aliphatic carbocycles. The maximum Gasteiger partial charge on any atom is 0.227 e. The van der Waals surface area contributed by atoms with Crippen molar-refractivity contribution >= 4 is 5.91 Å². The summed E-state index contributed by atoms with van der Waals surface area (Å²) in [7, 11) is 3.62. The fourth-order valence-electron chi connectivity index (χ4n) is 2.78. The Balaban J connectivity index is 1.95. The number of rotatable bonds is 5. The third-order valence-corrected chi connectivity index (χ3v) is 4.02. The second-order valence-corrected chi connectivity index (χ2v) is 5.52. The Kier molecular flexibility index (Phi) is 5.01. The lowest BCUT2D eigenvalue weighted by Crippen LogP contribution is -2.31. The van der Waals surface area contributed by atoms with Crippen molar-refractivity contribution in [2.75, 3.05) is 33.8 Å². The van der Waals surface area contributed by atoms with Gasteiger partial charge < -0.3 is 15.0 Å². The second kappa shape index (κ2) is 6.75. The van der Waals surface area contributed by atoms with Crippen LogP contribution < -0.4 is 10.1 Å². The van der Waals surface area contributed by atoms with Gasteiger partial charge in [-0.25, -0.2) is 0 Å². The SMILES string of the molecule is CNCC1CCN(C(=O)Cc2ccc(OC)cc2C)C1. The van der Waals surface area contributed by atoms with Gasteiger partial charge in [-0.15, -0.1) is 0 Å². The zero-order valence-electron chi connectivity index (χ0n) is 12.6. The van der Waals surface area contributed by atoms with Crippen LogP contribution in [0.1, 0.15) is 17.5 Å². The van der Waals surface area contributed by atoms with E-state index in [4.69, 9.17) is 4.74 Å². The van der Waals surface area contributed by atoms with Crippen molar-refractivity contribution in [3.63, 3.8) is 0 Å². The highest BCUT2D eigenvalue weighted by atomic mass is 16.5. The molecule has 1 N–H and O–H groups in total. The first-order chi connectivity index (χ1) is 9.63. The highest BCUT2D eigenvalue weighted by molar-refractivity contribution is 5.79. The van der Waals surface area contributed by atoms with Crippen LogP contribution in [0.3, 0.4) is 0 Å². The summed E-state index contributed by atoms with van der Waals surface area (Å²) in [6, 6.07) is 5.90. The van der Waals surface area contributed by atoms with E-state index in [2.05, 4.69) is 5.32 Å². The number of amides is 1. The van der Waals surface area contributed by atoms with Crippen molar-refractivity contribution in [1.29, 1.82) is 0 Å². The number of carbonyl (C=O) groups excluding carboxylic acids is 1. The number of hydrogen-bond acceptors (Lipinski definition) is 3. The molecule has 1 unspecified atom stereocenters. The van der Waals surface area contributed by atoms with Crippen LogP contribution in [0, 0.1) is 12.8 Å². The lowest BCUT2D eigenvalue weighted by atomic mass is 10.0. The van der Waals surface area contributed by atoms with Crippen LogP contribution in [-0.2, 0) is 11.2 Å². The molecule has 0 bridgehead atoms. The van der Waals surface area contributed by atoms with E-state index < -0.39 is 0 Å². The monoisotopic (exact) mass is 276 g/mol. The Morgan fingerprint density at radius 3 is 2.95 bits per heavy atom. The highest BCUT2D eigenvalue weighted by Gasteiger charge is 2.25.